The van der Waals surface area contributed by atoms with Crippen LogP contribution in [0.2, 0.25) is 0 Å². The lowest BCUT2D eigenvalue weighted by molar-refractivity contribution is 0.0961. The topological polar surface area (TPSA) is 51.1 Å². The van der Waals surface area contributed by atoms with Crippen molar-refractivity contribution in [2.24, 2.45) is 0 Å². The molecule has 0 aliphatic heterocycles. The number of carbonyl (C=O) groups excluding carboxylic acids is 1. The van der Waals surface area contributed by atoms with E-state index >= 15 is 0 Å². The number of nitrogens with zero attached hydrogens (tertiary/aromatic N) is 1. The van der Waals surface area contributed by atoms with Gasteiger partial charge in [0.15, 0.2) is 0 Å². The van der Waals surface area contributed by atoms with E-state index in [1.165, 1.54) is 17.7 Å². The number of rotatable bonds is 3. The number of amides is 1. The van der Waals surface area contributed by atoms with E-state index in [1.54, 1.807) is 6.20 Å². The highest BCUT2D eigenvalue weighted by atomic mass is 79.9. The Hall–Kier alpha value is -1.88. The van der Waals surface area contributed by atoms with E-state index < -0.39 is 0 Å². The van der Waals surface area contributed by atoms with E-state index in [0.29, 0.717) is 11.0 Å². The molecule has 1 N–H and O–H groups in total. The molecule has 1 aromatic carbocycles. The van der Waals surface area contributed by atoms with Crippen LogP contribution in [0.5, 0.6) is 0 Å². The van der Waals surface area contributed by atoms with Crippen LogP contribution < -0.4 is 10.9 Å². The number of hydrogen-bond donors (Lipinski definition) is 1. The molecule has 19 heavy (non-hydrogen) atoms. The third-order valence-corrected chi connectivity index (χ3v) is 3.15. The predicted molar refractivity (Wildman–Crippen MR) is 77.3 cm³/mol. The van der Waals surface area contributed by atoms with Gasteiger partial charge in [-0.3, -0.25) is 9.59 Å². The zero-order chi connectivity index (χ0) is 13.8. The van der Waals surface area contributed by atoms with Crippen LogP contribution in [0.15, 0.2) is 51.9 Å². The maximum atomic E-state index is 12.2. The van der Waals surface area contributed by atoms with Crippen molar-refractivity contribution in [3.05, 3.63) is 68.5 Å². The minimum atomic E-state index is -0.381. The summed E-state index contributed by atoms with van der Waals surface area (Å²) in [5.74, 6) is -0.381. The zero-order valence-corrected chi connectivity index (χ0v) is 12.0. The van der Waals surface area contributed by atoms with Crippen LogP contribution in [0.4, 0.5) is 0 Å². The summed E-state index contributed by atoms with van der Waals surface area (Å²) in [6, 6.07) is 11.2. The predicted octanol–water partition coefficient (Wildman–Crippen LogP) is 2.02. The molecule has 1 aromatic heterocycles. The first-order chi connectivity index (χ1) is 9.11. The Morgan fingerprint density at radius 2 is 2.00 bits per heavy atom. The lowest BCUT2D eigenvalue weighted by Gasteiger charge is -2.09. The molecule has 1 amide bonds. The SMILES string of the molecule is CNC(=O)c1cc(Br)cn(Cc2ccccc2)c1=O. The summed E-state index contributed by atoms with van der Waals surface area (Å²) in [4.78, 5) is 23.9. The lowest BCUT2D eigenvalue weighted by atomic mass is 10.2. The van der Waals surface area contributed by atoms with Gasteiger partial charge in [-0.25, -0.2) is 0 Å². The monoisotopic (exact) mass is 320 g/mol. The summed E-state index contributed by atoms with van der Waals surface area (Å²) in [5.41, 5.74) is 0.838. The highest BCUT2D eigenvalue weighted by molar-refractivity contribution is 9.10. The molecule has 98 valence electrons. The Morgan fingerprint density at radius 1 is 1.32 bits per heavy atom. The standard InChI is InChI=1S/C14H13BrN2O2/c1-16-13(18)12-7-11(15)9-17(14(12)19)8-10-5-3-2-4-6-10/h2-7,9H,8H2,1H3,(H,16,18). The van der Waals surface area contributed by atoms with Crippen LogP contribution in [0.1, 0.15) is 15.9 Å². The van der Waals surface area contributed by atoms with Crippen molar-refractivity contribution >= 4 is 21.8 Å². The molecule has 1 heterocycles. The molecule has 5 heteroatoms. The third-order valence-electron chi connectivity index (χ3n) is 2.72. The highest BCUT2D eigenvalue weighted by Crippen LogP contribution is 2.10. The van der Waals surface area contributed by atoms with E-state index in [9.17, 15) is 9.59 Å². The molecule has 0 aliphatic rings. The van der Waals surface area contributed by atoms with Crippen molar-refractivity contribution in [2.45, 2.75) is 6.54 Å². The fourth-order valence-electron chi connectivity index (χ4n) is 1.79. The number of nitrogens with one attached hydrogen (secondary N) is 1. The fourth-order valence-corrected chi connectivity index (χ4v) is 2.27. The molecule has 0 aliphatic carbocycles. The Bertz CT molecular complexity index is 650. The van der Waals surface area contributed by atoms with E-state index in [1.807, 2.05) is 30.3 Å². The van der Waals surface area contributed by atoms with Crippen LogP contribution >= 0.6 is 15.9 Å². The van der Waals surface area contributed by atoms with Gasteiger partial charge < -0.3 is 9.88 Å². The molecule has 4 nitrogen and oxygen atoms in total. The van der Waals surface area contributed by atoms with E-state index in [4.69, 9.17) is 0 Å². The molecule has 2 aromatic rings. The van der Waals surface area contributed by atoms with E-state index in [-0.39, 0.29) is 17.0 Å². The van der Waals surface area contributed by atoms with Gasteiger partial charge in [-0.2, -0.15) is 0 Å². The smallest absolute Gasteiger partial charge is 0.263 e. The van der Waals surface area contributed by atoms with Gasteiger partial charge in [0.2, 0.25) is 0 Å². The summed E-state index contributed by atoms with van der Waals surface area (Å²) in [6.07, 6.45) is 1.68. The van der Waals surface area contributed by atoms with Crippen molar-refractivity contribution in [1.82, 2.24) is 9.88 Å². The molecule has 0 atom stereocenters. The first-order valence-corrected chi connectivity index (χ1v) is 6.57. The molecular formula is C14H13BrN2O2. The summed E-state index contributed by atoms with van der Waals surface area (Å²) in [7, 11) is 1.50. The molecule has 0 radical (unpaired) electrons. The van der Waals surface area contributed by atoms with Gasteiger partial charge in [0.05, 0.1) is 6.54 Å². The quantitative estimate of drug-likeness (QED) is 0.940. The number of carbonyl (C=O) groups is 1. The number of benzene rings is 1. The van der Waals surface area contributed by atoms with E-state index in [0.717, 1.165) is 5.56 Å². The summed E-state index contributed by atoms with van der Waals surface area (Å²) in [5, 5.41) is 2.47. The Labute approximate surface area is 119 Å². The number of hydrogen-bond acceptors (Lipinski definition) is 2. The first-order valence-electron chi connectivity index (χ1n) is 5.78. The average molecular weight is 321 g/mol. The molecule has 0 saturated carbocycles. The van der Waals surface area contributed by atoms with Crippen molar-refractivity contribution in [3.63, 3.8) is 0 Å². The second kappa shape index (κ2) is 5.84. The Balaban J connectivity index is 2.44. The largest absolute Gasteiger partial charge is 0.355 e. The summed E-state index contributed by atoms with van der Waals surface area (Å²) >= 11 is 3.32. The van der Waals surface area contributed by atoms with Gasteiger partial charge in [-0.15, -0.1) is 0 Å². The summed E-state index contributed by atoms with van der Waals surface area (Å²) in [6.45, 7) is 0.434. The van der Waals surface area contributed by atoms with Gasteiger partial charge >= 0.3 is 0 Å². The van der Waals surface area contributed by atoms with Gasteiger partial charge in [0, 0.05) is 17.7 Å². The van der Waals surface area contributed by atoms with Gasteiger partial charge in [0.1, 0.15) is 5.56 Å². The minimum Gasteiger partial charge on any atom is -0.355 e. The van der Waals surface area contributed by atoms with Gasteiger partial charge in [-0.05, 0) is 27.6 Å². The first kappa shape index (κ1) is 13.5. The number of pyridine rings is 1. The molecular weight excluding hydrogens is 308 g/mol. The summed E-state index contributed by atoms with van der Waals surface area (Å²) < 4.78 is 2.21. The number of halogens is 1. The minimum absolute atomic E-state index is 0.132. The molecule has 0 unspecified atom stereocenters. The molecule has 2 rings (SSSR count). The Kier molecular flexibility index (Phi) is 4.16. The van der Waals surface area contributed by atoms with Crippen molar-refractivity contribution in [3.8, 4) is 0 Å². The lowest BCUT2D eigenvalue weighted by Crippen LogP contribution is -2.31. The maximum absolute atomic E-state index is 12.2. The fraction of sp³-hybridized carbons (Fsp3) is 0.143. The average Bonchev–Trinajstić information content (AvgIpc) is 2.42. The molecule has 0 fully saturated rings. The molecule has 0 bridgehead atoms. The second-order valence-corrected chi connectivity index (χ2v) is 4.99. The van der Waals surface area contributed by atoms with Crippen LogP contribution in [-0.2, 0) is 6.54 Å². The van der Waals surface area contributed by atoms with Gasteiger partial charge in [0.25, 0.3) is 11.5 Å². The highest BCUT2D eigenvalue weighted by Gasteiger charge is 2.12. The second-order valence-electron chi connectivity index (χ2n) is 4.07. The van der Waals surface area contributed by atoms with Crippen LogP contribution in [0, 0.1) is 0 Å². The van der Waals surface area contributed by atoms with Crippen LogP contribution in [0.3, 0.4) is 0 Å². The van der Waals surface area contributed by atoms with Crippen molar-refractivity contribution < 1.29 is 4.79 Å². The van der Waals surface area contributed by atoms with Crippen molar-refractivity contribution in [1.29, 1.82) is 0 Å². The zero-order valence-electron chi connectivity index (χ0n) is 10.4. The van der Waals surface area contributed by atoms with Crippen LogP contribution in [0.25, 0.3) is 0 Å². The Morgan fingerprint density at radius 3 is 2.63 bits per heavy atom. The van der Waals surface area contributed by atoms with Crippen molar-refractivity contribution in [2.75, 3.05) is 7.05 Å². The third kappa shape index (κ3) is 3.12. The number of aromatic nitrogens is 1. The molecule has 0 spiro atoms. The maximum Gasteiger partial charge on any atom is 0.263 e. The van der Waals surface area contributed by atoms with Gasteiger partial charge in [-0.1, -0.05) is 30.3 Å². The normalized spacial score (nSPS) is 10.2. The van der Waals surface area contributed by atoms with E-state index in [2.05, 4.69) is 21.2 Å². The molecule has 0 saturated heterocycles. The van der Waals surface area contributed by atoms with Crippen LogP contribution in [-0.4, -0.2) is 17.5 Å².